The Kier molecular flexibility index (Phi) is 5.40. The van der Waals surface area contributed by atoms with Crippen molar-refractivity contribution in [1.82, 2.24) is 5.32 Å². The summed E-state index contributed by atoms with van der Waals surface area (Å²) in [6.45, 7) is 10.5. The average Bonchev–Trinajstić information content (AvgIpc) is 2.27. The van der Waals surface area contributed by atoms with Crippen molar-refractivity contribution in [3.8, 4) is 5.75 Å². The minimum atomic E-state index is -0.235. The summed E-state index contributed by atoms with van der Waals surface area (Å²) in [7, 11) is 0. The molecular formula is C16H25NO2. The lowest BCUT2D eigenvalue weighted by Gasteiger charge is -2.25. The Labute approximate surface area is 116 Å². The van der Waals surface area contributed by atoms with Crippen LogP contribution in [0.15, 0.2) is 24.3 Å². The molecule has 0 heterocycles. The first-order valence-corrected chi connectivity index (χ1v) is 6.82. The van der Waals surface area contributed by atoms with Crippen molar-refractivity contribution in [1.29, 1.82) is 0 Å². The molecule has 1 aromatic carbocycles. The maximum Gasteiger partial charge on any atom is 0.217 e. The lowest BCUT2D eigenvalue weighted by Crippen LogP contribution is -2.43. The Hall–Kier alpha value is -1.51. The molecule has 0 bridgehead atoms. The van der Waals surface area contributed by atoms with Crippen molar-refractivity contribution in [2.75, 3.05) is 6.61 Å². The minimum absolute atomic E-state index is 0.00759. The predicted molar refractivity (Wildman–Crippen MR) is 78.5 cm³/mol. The Bertz CT molecular complexity index is 425. The first-order chi connectivity index (χ1) is 8.80. The highest BCUT2D eigenvalue weighted by Crippen LogP contribution is 2.20. The molecule has 1 amide bonds. The smallest absolute Gasteiger partial charge is 0.217 e. The summed E-state index contributed by atoms with van der Waals surface area (Å²) in [5.41, 5.74) is 1.04. The number of carbonyl (C=O) groups excluding carboxylic acids is 1. The van der Waals surface area contributed by atoms with Crippen LogP contribution in [0.5, 0.6) is 5.75 Å². The molecule has 0 aromatic heterocycles. The van der Waals surface area contributed by atoms with Gasteiger partial charge in [-0.2, -0.15) is 0 Å². The molecule has 1 aromatic rings. The SMILES string of the molecule is CC(=O)NC(C)(C)CCOc1cccc(C(C)C)c1. The molecule has 0 radical (unpaired) electrons. The lowest BCUT2D eigenvalue weighted by atomic mass is 10.0. The summed E-state index contributed by atoms with van der Waals surface area (Å²) < 4.78 is 5.76. The molecule has 3 nitrogen and oxygen atoms in total. The van der Waals surface area contributed by atoms with Gasteiger partial charge in [0.2, 0.25) is 5.91 Å². The maximum absolute atomic E-state index is 11.1. The van der Waals surface area contributed by atoms with Gasteiger partial charge in [0, 0.05) is 18.9 Å². The zero-order valence-electron chi connectivity index (χ0n) is 12.6. The van der Waals surface area contributed by atoms with Gasteiger partial charge in [0.1, 0.15) is 5.75 Å². The van der Waals surface area contributed by atoms with E-state index < -0.39 is 0 Å². The van der Waals surface area contributed by atoms with Crippen LogP contribution >= 0.6 is 0 Å². The standard InChI is InChI=1S/C16H25NO2/c1-12(2)14-7-6-8-15(11-14)19-10-9-16(4,5)17-13(3)18/h6-8,11-12H,9-10H2,1-5H3,(H,17,18). The molecule has 0 aliphatic rings. The quantitative estimate of drug-likeness (QED) is 0.853. The number of benzene rings is 1. The van der Waals surface area contributed by atoms with Crippen molar-refractivity contribution in [2.45, 2.75) is 52.5 Å². The third-order valence-corrected chi connectivity index (χ3v) is 3.03. The lowest BCUT2D eigenvalue weighted by molar-refractivity contribution is -0.120. The van der Waals surface area contributed by atoms with Gasteiger partial charge in [0.15, 0.2) is 0 Å². The number of ether oxygens (including phenoxy) is 1. The van der Waals surface area contributed by atoms with Crippen molar-refractivity contribution in [3.05, 3.63) is 29.8 Å². The van der Waals surface area contributed by atoms with Gasteiger partial charge in [-0.1, -0.05) is 26.0 Å². The molecule has 0 spiro atoms. The molecule has 0 saturated heterocycles. The van der Waals surface area contributed by atoms with Gasteiger partial charge in [-0.05, 0) is 37.5 Å². The Morgan fingerprint density at radius 2 is 2.05 bits per heavy atom. The van der Waals surface area contributed by atoms with Crippen LogP contribution in [0.25, 0.3) is 0 Å². The van der Waals surface area contributed by atoms with Crippen molar-refractivity contribution in [3.63, 3.8) is 0 Å². The third-order valence-electron chi connectivity index (χ3n) is 3.03. The van der Waals surface area contributed by atoms with E-state index in [1.807, 2.05) is 26.0 Å². The maximum atomic E-state index is 11.1. The second kappa shape index (κ2) is 6.60. The van der Waals surface area contributed by atoms with E-state index in [9.17, 15) is 4.79 Å². The van der Waals surface area contributed by atoms with Gasteiger partial charge in [-0.25, -0.2) is 0 Å². The second-order valence-electron chi connectivity index (χ2n) is 5.89. The van der Waals surface area contributed by atoms with Crippen molar-refractivity contribution >= 4 is 5.91 Å². The zero-order chi connectivity index (χ0) is 14.5. The molecule has 106 valence electrons. The highest BCUT2D eigenvalue weighted by molar-refractivity contribution is 5.73. The van der Waals surface area contributed by atoms with E-state index in [0.29, 0.717) is 12.5 Å². The van der Waals surface area contributed by atoms with Crippen LogP contribution in [-0.2, 0) is 4.79 Å². The van der Waals surface area contributed by atoms with Crippen LogP contribution < -0.4 is 10.1 Å². The van der Waals surface area contributed by atoms with Crippen LogP contribution in [0, 0.1) is 0 Å². The number of amides is 1. The van der Waals surface area contributed by atoms with Crippen molar-refractivity contribution < 1.29 is 9.53 Å². The summed E-state index contributed by atoms with van der Waals surface area (Å²) in [6.07, 6.45) is 0.776. The Balaban J connectivity index is 2.49. The van der Waals surface area contributed by atoms with E-state index in [-0.39, 0.29) is 11.4 Å². The fourth-order valence-electron chi connectivity index (χ4n) is 1.93. The molecule has 0 fully saturated rings. The normalized spacial score (nSPS) is 11.5. The van der Waals surface area contributed by atoms with Gasteiger partial charge >= 0.3 is 0 Å². The van der Waals surface area contributed by atoms with Gasteiger partial charge in [0.25, 0.3) is 0 Å². The fraction of sp³-hybridized carbons (Fsp3) is 0.562. The van der Waals surface area contributed by atoms with Gasteiger partial charge in [0.05, 0.1) is 6.61 Å². The molecule has 3 heteroatoms. The minimum Gasteiger partial charge on any atom is -0.493 e. The summed E-state index contributed by atoms with van der Waals surface area (Å²) in [5, 5.41) is 2.92. The molecule has 1 N–H and O–H groups in total. The number of hydrogen-bond acceptors (Lipinski definition) is 2. The number of rotatable bonds is 6. The summed E-state index contributed by atoms with van der Waals surface area (Å²) in [6, 6.07) is 8.18. The summed E-state index contributed by atoms with van der Waals surface area (Å²) in [5.74, 6) is 1.39. The van der Waals surface area contributed by atoms with Crippen LogP contribution in [0.1, 0.15) is 52.5 Å². The number of hydrogen-bond donors (Lipinski definition) is 1. The average molecular weight is 263 g/mol. The second-order valence-corrected chi connectivity index (χ2v) is 5.89. The van der Waals surface area contributed by atoms with E-state index >= 15 is 0 Å². The van der Waals surface area contributed by atoms with E-state index in [1.165, 1.54) is 12.5 Å². The van der Waals surface area contributed by atoms with Crippen LogP contribution in [0.3, 0.4) is 0 Å². The first-order valence-electron chi connectivity index (χ1n) is 6.82. The molecular weight excluding hydrogens is 238 g/mol. The molecule has 0 aliphatic heterocycles. The summed E-state index contributed by atoms with van der Waals surface area (Å²) >= 11 is 0. The van der Waals surface area contributed by atoms with E-state index in [4.69, 9.17) is 4.74 Å². The highest BCUT2D eigenvalue weighted by atomic mass is 16.5. The molecule has 0 saturated carbocycles. The molecule has 0 atom stereocenters. The van der Waals surface area contributed by atoms with Gasteiger partial charge < -0.3 is 10.1 Å². The Morgan fingerprint density at radius 1 is 1.37 bits per heavy atom. The third kappa shape index (κ3) is 5.77. The van der Waals surface area contributed by atoms with Crippen molar-refractivity contribution in [2.24, 2.45) is 0 Å². The highest BCUT2D eigenvalue weighted by Gasteiger charge is 2.18. The predicted octanol–water partition coefficient (Wildman–Crippen LogP) is 3.49. The topological polar surface area (TPSA) is 38.3 Å². The largest absolute Gasteiger partial charge is 0.493 e. The van der Waals surface area contributed by atoms with Crippen LogP contribution in [0.2, 0.25) is 0 Å². The monoisotopic (exact) mass is 263 g/mol. The molecule has 0 unspecified atom stereocenters. The van der Waals surface area contributed by atoms with Gasteiger partial charge in [-0.15, -0.1) is 0 Å². The summed E-state index contributed by atoms with van der Waals surface area (Å²) in [4.78, 5) is 11.1. The van der Waals surface area contributed by atoms with Crippen LogP contribution in [0.4, 0.5) is 0 Å². The fourth-order valence-corrected chi connectivity index (χ4v) is 1.93. The number of carbonyl (C=O) groups is 1. The number of nitrogens with one attached hydrogen (secondary N) is 1. The van der Waals surface area contributed by atoms with E-state index in [2.05, 4.69) is 31.3 Å². The molecule has 19 heavy (non-hydrogen) atoms. The van der Waals surface area contributed by atoms with Gasteiger partial charge in [-0.3, -0.25) is 4.79 Å². The van der Waals surface area contributed by atoms with Crippen LogP contribution in [-0.4, -0.2) is 18.1 Å². The molecule has 0 aliphatic carbocycles. The van der Waals surface area contributed by atoms with E-state index in [1.54, 1.807) is 0 Å². The zero-order valence-corrected chi connectivity index (χ0v) is 12.6. The molecule has 1 rings (SSSR count). The Morgan fingerprint density at radius 3 is 2.63 bits per heavy atom. The first kappa shape index (κ1) is 15.5. The van der Waals surface area contributed by atoms with E-state index in [0.717, 1.165) is 12.2 Å².